The number of alkyl halides is 1. The second-order valence-electron chi connectivity index (χ2n) is 8.22. The van der Waals surface area contributed by atoms with Crippen LogP contribution in [0.5, 0.6) is 0 Å². The summed E-state index contributed by atoms with van der Waals surface area (Å²) in [5.41, 5.74) is 4.56. The Bertz CT molecular complexity index is 1370. The zero-order valence-electron chi connectivity index (χ0n) is 18.4. The number of hydrogen-bond acceptors (Lipinski definition) is 5. The minimum absolute atomic E-state index is 0.0682. The van der Waals surface area contributed by atoms with Gasteiger partial charge in [0, 0.05) is 11.8 Å². The van der Waals surface area contributed by atoms with Gasteiger partial charge in [0.1, 0.15) is 17.7 Å². The summed E-state index contributed by atoms with van der Waals surface area (Å²) in [7, 11) is 0. The maximum absolute atomic E-state index is 15.4. The molecule has 1 unspecified atom stereocenters. The number of rotatable bonds is 6. The number of carbonyl (C=O) groups excluding carboxylic acids is 1. The Morgan fingerprint density at radius 2 is 1.91 bits per heavy atom. The van der Waals surface area contributed by atoms with E-state index in [0.29, 0.717) is 16.8 Å². The van der Waals surface area contributed by atoms with E-state index in [1.54, 1.807) is 31.3 Å². The molecular formula is C24H22F3N5O2. The van der Waals surface area contributed by atoms with Crippen LogP contribution >= 0.6 is 0 Å². The number of pyridine rings is 1. The summed E-state index contributed by atoms with van der Waals surface area (Å²) in [6.07, 6.45) is -0.0636. The maximum atomic E-state index is 15.4. The predicted octanol–water partition coefficient (Wildman–Crippen LogP) is 3.76. The van der Waals surface area contributed by atoms with Gasteiger partial charge in [-0.05, 0) is 54.8 Å². The maximum Gasteiger partial charge on any atom is 0.254 e. The lowest BCUT2D eigenvalue weighted by atomic mass is 9.94. The molecule has 0 radical (unpaired) electrons. The molecule has 7 nitrogen and oxygen atoms in total. The number of nitrogens with zero attached hydrogens (tertiary/aromatic N) is 3. The molecule has 2 aromatic heterocycles. The fourth-order valence-corrected chi connectivity index (χ4v) is 3.67. The summed E-state index contributed by atoms with van der Waals surface area (Å²) in [6, 6.07) is 11.0. The number of amides is 1. The molecule has 0 bridgehead atoms. The van der Waals surface area contributed by atoms with Crippen LogP contribution in [0, 0.1) is 18.6 Å². The number of aliphatic hydroxyl groups is 1. The monoisotopic (exact) mass is 469 g/mol. The summed E-state index contributed by atoms with van der Waals surface area (Å²) < 4.78 is 45.2. The van der Waals surface area contributed by atoms with E-state index in [2.05, 4.69) is 15.4 Å². The number of nitrogens with two attached hydrogens (primary N) is 1. The highest BCUT2D eigenvalue weighted by Gasteiger charge is 2.35. The molecule has 4 aromatic rings. The number of carbonyl (C=O) groups is 1. The topological polar surface area (TPSA) is 106 Å². The van der Waals surface area contributed by atoms with Crippen molar-refractivity contribution in [1.29, 1.82) is 0 Å². The molecular weight excluding hydrogens is 447 g/mol. The molecule has 0 saturated heterocycles. The molecule has 176 valence electrons. The number of anilines is 1. The molecule has 0 saturated carbocycles. The molecule has 1 amide bonds. The molecule has 0 aliphatic rings. The van der Waals surface area contributed by atoms with Gasteiger partial charge in [0.15, 0.2) is 11.3 Å². The number of hydrogen-bond donors (Lipinski definition) is 3. The van der Waals surface area contributed by atoms with Crippen LogP contribution in [-0.2, 0) is 0 Å². The summed E-state index contributed by atoms with van der Waals surface area (Å²) in [6.45, 7) is 2.06. The van der Waals surface area contributed by atoms with Crippen molar-refractivity contribution in [3.05, 3.63) is 83.1 Å². The van der Waals surface area contributed by atoms with Gasteiger partial charge in [-0.2, -0.15) is 4.98 Å². The average Bonchev–Trinajstić information content (AvgIpc) is 3.17. The van der Waals surface area contributed by atoms with E-state index < -0.39 is 35.9 Å². The van der Waals surface area contributed by atoms with Crippen molar-refractivity contribution < 1.29 is 23.1 Å². The Balaban J connectivity index is 1.57. The zero-order valence-corrected chi connectivity index (χ0v) is 18.4. The minimum Gasteiger partial charge on any atom is -0.385 e. The van der Waals surface area contributed by atoms with Crippen molar-refractivity contribution in [2.24, 2.45) is 0 Å². The Hall–Kier alpha value is -3.92. The van der Waals surface area contributed by atoms with Crippen molar-refractivity contribution >= 4 is 17.5 Å². The third-order valence-electron chi connectivity index (χ3n) is 5.59. The van der Waals surface area contributed by atoms with E-state index >= 15 is 8.78 Å². The molecule has 2 atom stereocenters. The first-order valence-electron chi connectivity index (χ1n) is 10.4. The van der Waals surface area contributed by atoms with Gasteiger partial charge < -0.3 is 16.2 Å². The number of nitrogens with one attached hydrogen (secondary N) is 1. The number of nitrogen functional groups attached to an aromatic ring is 1. The summed E-state index contributed by atoms with van der Waals surface area (Å²) in [4.78, 5) is 16.9. The number of aryl methyl sites for hydroxylation is 1. The van der Waals surface area contributed by atoms with Gasteiger partial charge in [0.05, 0.1) is 12.1 Å². The first-order chi connectivity index (χ1) is 16.1. The van der Waals surface area contributed by atoms with Crippen molar-refractivity contribution in [1.82, 2.24) is 19.9 Å². The third-order valence-corrected chi connectivity index (χ3v) is 5.59. The largest absolute Gasteiger partial charge is 0.385 e. The van der Waals surface area contributed by atoms with Crippen LogP contribution < -0.4 is 11.1 Å². The molecule has 2 aromatic carbocycles. The second kappa shape index (κ2) is 8.79. The number of aromatic nitrogens is 3. The van der Waals surface area contributed by atoms with E-state index in [9.17, 15) is 14.3 Å². The molecule has 0 spiro atoms. The molecule has 0 fully saturated rings. The van der Waals surface area contributed by atoms with Crippen LogP contribution in [-0.4, -0.2) is 37.8 Å². The number of benzene rings is 2. The third kappa shape index (κ3) is 4.44. The molecule has 2 heterocycles. The van der Waals surface area contributed by atoms with E-state index in [4.69, 9.17) is 5.73 Å². The van der Waals surface area contributed by atoms with Crippen LogP contribution in [0.3, 0.4) is 0 Å². The molecule has 4 N–H and O–H groups in total. The molecule has 0 aliphatic carbocycles. The first kappa shape index (κ1) is 23.2. The van der Waals surface area contributed by atoms with Crippen LogP contribution in [0.15, 0.2) is 54.7 Å². The average molecular weight is 469 g/mol. The molecule has 4 rings (SSSR count). The Kier molecular flexibility index (Phi) is 6.01. The summed E-state index contributed by atoms with van der Waals surface area (Å²) in [5, 5.41) is 16.7. The van der Waals surface area contributed by atoms with Gasteiger partial charge in [0.2, 0.25) is 5.95 Å². The summed E-state index contributed by atoms with van der Waals surface area (Å²) >= 11 is 0. The fourth-order valence-electron chi connectivity index (χ4n) is 3.67. The van der Waals surface area contributed by atoms with Crippen molar-refractivity contribution in [2.75, 3.05) is 12.3 Å². The first-order valence-corrected chi connectivity index (χ1v) is 10.4. The molecule has 34 heavy (non-hydrogen) atoms. The van der Waals surface area contributed by atoms with Gasteiger partial charge in [-0.1, -0.05) is 24.3 Å². The van der Waals surface area contributed by atoms with Crippen LogP contribution in [0.25, 0.3) is 16.8 Å². The van der Waals surface area contributed by atoms with E-state index in [0.717, 1.165) is 19.1 Å². The Morgan fingerprint density at radius 1 is 1.21 bits per heavy atom. The van der Waals surface area contributed by atoms with Crippen molar-refractivity contribution in [3.63, 3.8) is 0 Å². The predicted molar refractivity (Wildman–Crippen MR) is 121 cm³/mol. The zero-order chi connectivity index (χ0) is 24.6. The van der Waals surface area contributed by atoms with Gasteiger partial charge in [-0.15, -0.1) is 5.10 Å². The number of fused-ring (bicyclic) bond motifs is 1. The van der Waals surface area contributed by atoms with Crippen molar-refractivity contribution in [2.45, 2.75) is 25.6 Å². The van der Waals surface area contributed by atoms with E-state index in [1.165, 1.54) is 22.7 Å². The number of halogens is 3. The van der Waals surface area contributed by atoms with Gasteiger partial charge in [-0.25, -0.2) is 17.7 Å². The minimum atomic E-state index is -2.30. The van der Waals surface area contributed by atoms with Gasteiger partial charge in [0.25, 0.3) is 5.91 Å². The van der Waals surface area contributed by atoms with Crippen molar-refractivity contribution in [3.8, 4) is 11.1 Å². The van der Waals surface area contributed by atoms with Gasteiger partial charge in [-0.3, -0.25) is 4.79 Å². The molecule has 0 aliphatic heterocycles. The van der Waals surface area contributed by atoms with E-state index in [1.807, 2.05) is 0 Å². The number of aliphatic hydroxyl groups excluding tert-OH is 1. The standard InChI is InChI=1S/C24H22F3N5O2/c1-13-3-8-17(15-9-10-32-18(11-15)30-23(28)31-32)20(26)19(13)22(34)29-12-24(2,27)21(33)14-4-6-16(25)7-5-14/h3-11,21,33H,12H2,1-2H3,(H2,28,31)(H,29,34)/t21-,24?/m1/s1. The van der Waals surface area contributed by atoms with E-state index in [-0.39, 0.29) is 22.6 Å². The SMILES string of the molecule is Cc1ccc(-c2ccn3nc(N)nc3c2)c(F)c1C(=O)NCC(C)(F)[C@H](O)c1ccc(F)cc1. The lowest BCUT2D eigenvalue weighted by Gasteiger charge is -2.27. The second-order valence-corrected chi connectivity index (χ2v) is 8.22. The lowest BCUT2D eigenvalue weighted by molar-refractivity contribution is 0.00351. The molecule has 10 heteroatoms. The van der Waals surface area contributed by atoms with Crippen LogP contribution in [0.1, 0.15) is 34.5 Å². The Morgan fingerprint density at radius 3 is 2.62 bits per heavy atom. The van der Waals surface area contributed by atoms with Crippen LogP contribution in [0.4, 0.5) is 19.1 Å². The van der Waals surface area contributed by atoms with Crippen LogP contribution in [0.2, 0.25) is 0 Å². The highest BCUT2D eigenvalue weighted by Crippen LogP contribution is 2.30. The summed E-state index contributed by atoms with van der Waals surface area (Å²) in [5.74, 6) is -2.07. The quantitative estimate of drug-likeness (QED) is 0.399. The highest BCUT2D eigenvalue weighted by molar-refractivity contribution is 5.97. The Labute approximate surface area is 193 Å². The lowest BCUT2D eigenvalue weighted by Crippen LogP contribution is -2.42. The fraction of sp³-hybridized carbons (Fsp3) is 0.208. The normalized spacial score (nSPS) is 14.1. The van der Waals surface area contributed by atoms with Gasteiger partial charge >= 0.3 is 0 Å². The highest BCUT2D eigenvalue weighted by atomic mass is 19.1. The smallest absolute Gasteiger partial charge is 0.254 e.